The lowest BCUT2D eigenvalue weighted by atomic mass is 9.72. The number of ether oxygens (including phenoxy) is 6. The van der Waals surface area contributed by atoms with Gasteiger partial charge < -0.3 is 28.4 Å². The number of rotatable bonds is 12. The third-order valence-electron chi connectivity index (χ3n) is 8.22. The molecule has 0 aliphatic rings. The molecular weight excluding hydrogens is 528 g/mol. The van der Waals surface area contributed by atoms with Gasteiger partial charge in [0.1, 0.15) is 34.5 Å². The van der Waals surface area contributed by atoms with Gasteiger partial charge in [-0.2, -0.15) is 0 Å². The Morgan fingerprint density at radius 1 is 0.476 bits per heavy atom. The van der Waals surface area contributed by atoms with Crippen LogP contribution in [0.15, 0.2) is 72.8 Å². The van der Waals surface area contributed by atoms with Crippen LogP contribution < -0.4 is 28.4 Å². The van der Waals surface area contributed by atoms with E-state index in [1.54, 1.807) is 42.7 Å². The van der Waals surface area contributed by atoms with Gasteiger partial charge in [0.25, 0.3) is 0 Å². The highest BCUT2D eigenvalue weighted by Crippen LogP contribution is 2.50. The van der Waals surface area contributed by atoms with Crippen molar-refractivity contribution in [1.29, 1.82) is 0 Å². The zero-order valence-electron chi connectivity index (χ0n) is 26.1. The summed E-state index contributed by atoms with van der Waals surface area (Å²) in [6.07, 6.45) is 0. The van der Waals surface area contributed by atoms with Crippen LogP contribution in [0.1, 0.15) is 65.0 Å². The topological polar surface area (TPSA) is 55.4 Å². The molecule has 6 heteroatoms. The molecule has 4 aromatic rings. The fraction of sp³-hybridized carbons (Fsp3) is 0.333. The zero-order valence-corrected chi connectivity index (χ0v) is 26.1. The molecule has 0 saturated heterocycles. The van der Waals surface area contributed by atoms with Gasteiger partial charge in [-0.05, 0) is 71.5 Å². The van der Waals surface area contributed by atoms with Crippen molar-refractivity contribution < 1.29 is 28.4 Å². The lowest BCUT2D eigenvalue weighted by molar-refractivity contribution is 0.382. The maximum absolute atomic E-state index is 6.07. The first kappa shape index (κ1) is 30.6. The minimum absolute atomic E-state index is 0.00174. The highest BCUT2D eigenvalue weighted by molar-refractivity contribution is 5.60. The summed E-state index contributed by atoms with van der Waals surface area (Å²) in [6, 6.07) is 24.6. The van der Waals surface area contributed by atoms with Crippen LogP contribution in [-0.2, 0) is 0 Å². The third kappa shape index (κ3) is 6.13. The molecule has 0 saturated carbocycles. The SMILES string of the molecule is COc1ccc(C(C)C(c2cc(OC)cc(OC)c2[C@H](C)c2ccc(OC)cc2)c2c(C)cc(OC)cc2OC)cc1. The van der Waals surface area contributed by atoms with E-state index in [0.717, 1.165) is 62.3 Å². The van der Waals surface area contributed by atoms with E-state index < -0.39 is 0 Å². The molecular formula is C36H42O6. The maximum atomic E-state index is 6.07. The fourth-order valence-electron chi connectivity index (χ4n) is 5.88. The molecule has 42 heavy (non-hydrogen) atoms. The number of hydrogen-bond acceptors (Lipinski definition) is 6. The van der Waals surface area contributed by atoms with Gasteiger partial charge in [0.15, 0.2) is 0 Å². The molecule has 0 heterocycles. The zero-order chi connectivity index (χ0) is 30.4. The Balaban J connectivity index is 2.05. The summed E-state index contributed by atoms with van der Waals surface area (Å²) < 4.78 is 34.4. The molecule has 0 aromatic heterocycles. The number of methoxy groups -OCH3 is 6. The molecule has 3 atom stereocenters. The first-order valence-electron chi connectivity index (χ1n) is 14.1. The maximum Gasteiger partial charge on any atom is 0.126 e. The normalized spacial score (nSPS) is 13.1. The van der Waals surface area contributed by atoms with Crippen molar-refractivity contribution in [3.05, 3.63) is 106 Å². The predicted molar refractivity (Wildman–Crippen MR) is 168 cm³/mol. The summed E-state index contributed by atoms with van der Waals surface area (Å²) >= 11 is 0. The van der Waals surface area contributed by atoms with Crippen molar-refractivity contribution >= 4 is 0 Å². The number of aryl methyl sites for hydroxylation is 1. The summed E-state index contributed by atoms with van der Waals surface area (Å²) in [5, 5.41) is 0. The van der Waals surface area contributed by atoms with Crippen molar-refractivity contribution in [2.75, 3.05) is 42.7 Å². The van der Waals surface area contributed by atoms with Crippen LogP contribution in [0.25, 0.3) is 0 Å². The Hall–Kier alpha value is -4.32. The van der Waals surface area contributed by atoms with Gasteiger partial charge >= 0.3 is 0 Å². The van der Waals surface area contributed by atoms with E-state index in [0.29, 0.717) is 0 Å². The van der Waals surface area contributed by atoms with E-state index in [9.17, 15) is 0 Å². The van der Waals surface area contributed by atoms with Gasteiger partial charge in [-0.15, -0.1) is 0 Å². The molecule has 0 aliphatic carbocycles. The van der Waals surface area contributed by atoms with Gasteiger partial charge in [0, 0.05) is 35.1 Å². The van der Waals surface area contributed by atoms with E-state index in [-0.39, 0.29) is 17.8 Å². The summed E-state index contributed by atoms with van der Waals surface area (Å²) in [7, 11) is 10.1. The Bertz CT molecular complexity index is 1480. The van der Waals surface area contributed by atoms with E-state index in [1.165, 1.54) is 5.56 Å². The minimum atomic E-state index is -0.126. The molecule has 2 unspecified atom stereocenters. The Kier molecular flexibility index (Phi) is 9.89. The molecule has 0 spiro atoms. The van der Waals surface area contributed by atoms with Gasteiger partial charge in [-0.25, -0.2) is 0 Å². The fourth-order valence-corrected chi connectivity index (χ4v) is 5.88. The second kappa shape index (κ2) is 13.6. The Morgan fingerprint density at radius 2 is 0.929 bits per heavy atom. The summed E-state index contributed by atoms with van der Waals surface area (Å²) in [5.41, 5.74) is 6.66. The molecule has 0 fully saturated rings. The standard InChI is InChI=1S/C36H42O6/c1-22-18-29(39-6)20-32(41-8)34(22)36(24(3)26-12-16-28(38-5)17-13-26)31-19-30(40-7)21-33(42-9)35(31)23(2)25-10-14-27(37-4)15-11-25/h10-21,23-24,36H,1-9H3/t23-,24?,36?/m1/s1. The van der Waals surface area contributed by atoms with Crippen LogP contribution >= 0.6 is 0 Å². The van der Waals surface area contributed by atoms with Crippen LogP contribution in [0, 0.1) is 6.92 Å². The molecule has 4 rings (SSSR count). The molecule has 6 nitrogen and oxygen atoms in total. The number of hydrogen-bond donors (Lipinski definition) is 0. The molecule has 4 aromatic carbocycles. The highest BCUT2D eigenvalue weighted by Gasteiger charge is 2.33. The summed E-state index contributed by atoms with van der Waals surface area (Å²) in [5.74, 6) is 4.56. The monoisotopic (exact) mass is 570 g/mol. The molecule has 0 N–H and O–H groups in total. The minimum Gasteiger partial charge on any atom is -0.497 e. The Labute approximate surface area is 250 Å². The average molecular weight is 571 g/mol. The molecule has 0 radical (unpaired) electrons. The lowest BCUT2D eigenvalue weighted by Gasteiger charge is -2.33. The largest absolute Gasteiger partial charge is 0.497 e. The summed E-state index contributed by atoms with van der Waals surface area (Å²) in [4.78, 5) is 0. The summed E-state index contributed by atoms with van der Waals surface area (Å²) in [6.45, 7) is 6.57. The van der Waals surface area contributed by atoms with Crippen molar-refractivity contribution in [3.63, 3.8) is 0 Å². The first-order valence-corrected chi connectivity index (χ1v) is 14.1. The van der Waals surface area contributed by atoms with Crippen LogP contribution in [0.4, 0.5) is 0 Å². The average Bonchev–Trinajstić information content (AvgIpc) is 3.04. The smallest absolute Gasteiger partial charge is 0.126 e. The lowest BCUT2D eigenvalue weighted by Crippen LogP contribution is -2.17. The van der Waals surface area contributed by atoms with Crippen molar-refractivity contribution in [2.24, 2.45) is 0 Å². The second-order valence-electron chi connectivity index (χ2n) is 10.4. The third-order valence-corrected chi connectivity index (χ3v) is 8.22. The van der Waals surface area contributed by atoms with Gasteiger partial charge in [0.05, 0.1) is 42.7 Å². The van der Waals surface area contributed by atoms with Crippen LogP contribution in [-0.4, -0.2) is 42.7 Å². The van der Waals surface area contributed by atoms with Crippen LogP contribution in [0.3, 0.4) is 0 Å². The molecule has 0 aliphatic heterocycles. The Morgan fingerprint density at radius 3 is 1.40 bits per heavy atom. The molecule has 0 amide bonds. The van der Waals surface area contributed by atoms with E-state index in [1.807, 2.05) is 36.4 Å². The second-order valence-corrected chi connectivity index (χ2v) is 10.4. The predicted octanol–water partition coefficient (Wildman–Crippen LogP) is 8.13. The van der Waals surface area contributed by atoms with Crippen molar-refractivity contribution in [1.82, 2.24) is 0 Å². The van der Waals surface area contributed by atoms with Gasteiger partial charge in [-0.3, -0.25) is 0 Å². The van der Waals surface area contributed by atoms with E-state index >= 15 is 0 Å². The van der Waals surface area contributed by atoms with E-state index in [2.05, 4.69) is 57.2 Å². The van der Waals surface area contributed by atoms with Crippen LogP contribution in [0.2, 0.25) is 0 Å². The molecule has 222 valence electrons. The highest BCUT2D eigenvalue weighted by atomic mass is 16.5. The van der Waals surface area contributed by atoms with Crippen molar-refractivity contribution in [3.8, 4) is 34.5 Å². The van der Waals surface area contributed by atoms with Crippen molar-refractivity contribution in [2.45, 2.75) is 38.5 Å². The van der Waals surface area contributed by atoms with Gasteiger partial charge in [-0.1, -0.05) is 38.1 Å². The number of benzene rings is 4. The molecule has 0 bridgehead atoms. The van der Waals surface area contributed by atoms with E-state index in [4.69, 9.17) is 28.4 Å². The van der Waals surface area contributed by atoms with Crippen LogP contribution in [0.5, 0.6) is 34.5 Å². The quantitative estimate of drug-likeness (QED) is 0.171. The van der Waals surface area contributed by atoms with Gasteiger partial charge in [0.2, 0.25) is 0 Å². The first-order chi connectivity index (χ1) is 20.3.